The van der Waals surface area contributed by atoms with Crippen molar-refractivity contribution in [3.05, 3.63) is 0 Å². The molecule has 0 aromatic carbocycles. The van der Waals surface area contributed by atoms with Gasteiger partial charge in [0.25, 0.3) is 0 Å². The van der Waals surface area contributed by atoms with Crippen LogP contribution in [0.1, 0.15) is 45.4 Å². The van der Waals surface area contributed by atoms with E-state index < -0.39 is 0 Å². The highest BCUT2D eigenvalue weighted by Gasteiger charge is 2.27. The van der Waals surface area contributed by atoms with Gasteiger partial charge < -0.3 is 10.1 Å². The topological polar surface area (TPSA) is 24.5 Å². The number of piperidine rings is 1. The molecule has 1 N–H and O–H groups in total. The van der Waals surface area contributed by atoms with Crippen molar-refractivity contribution >= 4 is 0 Å². The fourth-order valence-corrected chi connectivity index (χ4v) is 3.06. The molecule has 1 atom stereocenters. The largest absolute Gasteiger partial charge is 0.384 e. The zero-order chi connectivity index (χ0) is 12.8. The van der Waals surface area contributed by atoms with Gasteiger partial charge in [-0.2, -0.15) is 0 Å². The van der Waals surface area contributed by atoms with Gasteiger partial charge in [-0.05, 0) is 51.1 Å². The van der Waals surface area contributed by atoms with Crippen LogP contribution in [0.2, 0.25) is 0 Å². The van der Waals surface area contributed by atoms with E-state index in [9.17, 15) is 0 Å². The third kappa shape index (κ3) is 4.52. The van der Waals surface area contributed by atoms with Crippen molar-refractivity contribution in [2.24, 2.45) is 5.92 Å². The Hall–Kier alpha value is -0.120. The first-order valence-electron chi connectivity index (χ1n) is 7.79. The minimum atomic E-state index is 0.763. The van der Waals surface area contributed by atoms with E-state index in [1.165, 1.54) is 58.2 Å². The minimum absolute atomic E-state index is 0.763. The van der Waals surface area contributed by atoms with Crippen LogP contribution >= 0.6 is 0 Å². The van der Waals surface area contributed by atoms with Crippen molar-refractivity contribution in [1.29, 1.82) is 0 Å². The summed E-state index contributed by atoms with van der Waals surface area (Å²) in [5.41, 5.74) is 0. The fraction of sp³-hybridized carbons (Fsp3) is 1.00. The summed E-state index contributed by atoms with van der Waals surface area (Å²) in [5.74, 6) is 0.796. The van der Waals surface area contributed by atoms with Crippen molar-refractivity contribution in [2.75, 3.05) is 33.4 Å². The van der Waals surface area contributed by atoms with Crippen LogP contribution in [0.25, 0.3) is 0 Å². The quantitative estimate of drug-likeness (QED) is 0.719. The van der Waals surface area contributed by atoms with E-state index >= 15 is 0 Å². The van der Waals surface area contributed by atoms with Crippen LogP contribution < -0.4 is 5.32 Å². The maximum atomic E-state index is 5.28. The number of hydrogen-bond donors (Lipinski definition) is 1. The fourth-order valence-electron chi connectivity index (χ4n) is 3.06. The lowest BCUT2D eigenvalue weighted by atomic mass is 9.95. The summed E-state index contributed by atoms with van der Waals surface area (Å²) in [7, 11) is 1.83. The summed E-state index contributed by atoms with van der Waals surface area (Å²) < 4.78 is 5.28. The van der Waals surface area contributed by atoms with Crippen LogP contribution in [-0.2, 0) is 4.74 Å². The Balaban J connectivity index is 1.72. The molecule has 3 nitrogen and oxygen atoms in total. The molecule has 0 radical (unpaired) electrons. The Morgan fingerprint density at radius 2 is 1.94 bits per heavy atom. The SMILES string of the molecule is CCCC(CNC1CC1)N1CCC(COC)CC1. The van der Waals surface area contributed by atoms with E-state index in [2.05, 4.69) is 17.1 Å². The molecule has 1 saturated carbocycles. The monoisotopic (exact) mass is 254 g/mol. The zero-order valence-corrected chi connectivity index (χ0v) is 12.2. The van der Waals surface area contributed by atoms with Gasteiger partial charge in [-0.25, -0.2) is 0 Å². The normalized spacial score (nSPS) is 24.3. The molecule has 2 fully saturated rings. The second-order valence-corrected chi connectivity index (χ2v) is 6.06. The molecule has 106 valence electrons. The van der Waals surface area contributed by atoms with E-state index in [0.29, 0.717) is 0 Å². The van der Waals surface area contributed by atoms with Gasteiger partial charge in [0.1, 0.15) is 0 Å². The third-order valence-corrected chi connectivity index (χ3v) is 4.41. The molecule has 0 spiro atoms. The van der Waals surface area contributed by atoms with E-state index in [4.69, 9.17) is 4.74 Å². The van der Waals surface area contributed by atoms with Crippen LogP contribution in [0.5, 0.6) is 0 Å². The molecule has 1 heterocycles. The highest BCUT2D eigenvalue weighted by atomic mass is 16.5. The van der Waals surface area contributed by atoms with Crippen molar-refractivity contribution in [1.82, 2.24) is 10.2 Å². The van der Waals surface area contributed by atoms with Gasteiger partial charge >= 0.3 is 0 Å². The lowest BCUT2D eigenvalue weighted by Gasteiger charge is -2.37. The first kappa shape index (κ1) is 14.3. The summed E-state index contributed by atoms with van der Waals surface area (Å²) in [6, 6.07) is 1.61. The molecule has 0 amide bonds. The molecule has 0 aromatic heterocycles. The number of nitrogens with zero attached hydrogens (tertiary/aromatic N) is 1. The van der Waals surface area contributed by atoms with Gasteiger partial charge in [-0.1, -0.05) is 13.3 Å². The molecule has 3 heteroatoms. The predicted molar refractivity (Wildman–Crippen MR) is 75.9 cm³/mol. The number of likely N-dealkylation sites (tertiary alicyclic amines) is 1. The van der Waals surface area contributed by atoms with Crippen molar-refractivity contribution in [3.63, 3.8) is 0 Å². The molecule has 1 aliphatic heterocycles. The Bertz CT molecular complexity index is 223. The lowest BCUT2D eigenvalue weighted by Crippen LogP contribution is -2.47. The van der Waals surface area contributed by atoms with Crippen LogP contribution in [0.3, 0.4) is 0 Å². The highest BCUT2D eigenvalue weighted by Crippen LogP contribution is 2.22. The average molecular weight is 254 g/mol. The Kier molecular flexibility index (Phi) is 5.93. The van der Waals surface area contributed by atoms with Gasteiger partial charge in [0.15, 0.2) is 0 Å². The molecule has 1 saturated heterocycles. The number of ether oxygens (including phenoxy) is 1. The van der Waals surface area contributed by atoms with Gasteiger partial charge in [0.2, 0.25) is 0 Å². The Morgan fingerprint density at radius 3 is 2.50 bits per heavy atom. The number of hydrogen-bond acceptors (Lipinski definition) is 3. The van der Waals surface area contributed by atoms with Gasteiger partial charge in [-0.15, -0.1) is 0 Å². The van der Waals surface area contributed by atoms with E-state index in [-0.39, 0.29) is 0 Å². The first-order chi connectivity index (χ1) is 8.83. The predicted octanol–water partition coefficient (Wildman–Crippen LogP) is 2.27. The smallest absolute Gasteiger partial charge is 0.0491 e. The standard InChI is InChI=1S/C15H30N2O/c1-3-4-15(11-16-14-5-6-14)17-9-7-13(8-10-17)12-18-2/h13-16H,3-12H2,1-2H3. The second-order valence-electron chi connectivity index (χ2n) is 6.06. The van der Waals surface area contributed by atoms with Crippen molar-refractivity contribution in [2.45, 2.75) is 57.5 Å². The molecular weight excluding hydrogens is 224 g/mol. The third-order valence-electron chi connectivity index (χ3n) is 4.41. The molecular formula is C15H30N2O. The molecule has 1 unspecified atom stereocenters. The number of methoxy groups -OCH3 is 1. The number of nitrogens with one attached hydrogen (secondary N) is 1. The molecule has 0 bridgehead atoms. The summed E-state index contributed by atoms with van der Waals surface area (Å²) in [6.45, 7) is 7.00. The molecule has 2 aliphatic rings. The number of rotatable bonds is 8. The molecule has 18 heavy (non-hydrogen) atoms. The van der Waals surface area contributed by atoms with Gasteiger partial charge in [0.05, 0.1) is 0 Å². The van der Waals surface area contributed by atoms with Crippen molar-refractivity contribution < 1.29 is 4.74 Å². The van der Waals surface area contributed by atoms with Crippen molar-refractivity contribution in [3.8, 4) is 0 Å². The van der Waals surface area contributed by atoms with Crippen LogP contribution in [0, 0.1) is 5.92 Å². The van der Waals surface area contributed by atoms with E-state index in [0.717, 1.165) is 24.6 Å². The maximum absolute atomic E-state index is 5.28. The van der Waals surface area contributed by atoms with Crippen LogP contribution in [-0.4, -0.2) is 50.3 Å². The highest BCUT2D eigenvalue weighted by molar-refractivity contribution is 4.85. The summed E-state index contributed by atoms with van der Waals surface area (Å²) in [5, 5.41) is 3.71. The zero-order valence-electron chi connectivity index (χ0n) is 12.2. The Morgan fingerprint density at radius 1 is 1.22 bits per heavy atom. The average Bonchev–Trinajstić information content (AvgIpc) is 3.20. The first-order valence-corrected chi connectivity index (χ1v) is 7.79. The minimum Gasteiger partial charge on any atom is -0.384 e. The second kappa shape index (κ2) is 7.46. The maximum Gasteiger partial charge on any atom is 0.0491 e. The summed E-state index contributed by atoms with van der Waals surface area (Å²) in [4.78, 5) is 2.71. The van der Waals surface area contributed by atoms with Crippen LogP contribution in [0.15, 0.2) is 0 Å². The van der Waals surface area contributed by atoms with Gasteiger partial charge in [-0.3, -0.25) is 4.90 Å². The van der Waals surface area contributed by atoms with E-state index in [1.807, 2.05) is 7.11 Å². The Labute approximate surface area is 112 Å². The van der Waals surface area contributed by atoms with Crippen LogP contribution in [0.4, 0.5) is 0 Å². The molecule has 1 aliphatic carbocycles. The molecule has 0 aromatic rings. The summed E-state index contributed by atoms with van der Waals surface area (Å²) in [6.07, 6.45) is 8.07. The lowest BCUT2D eigenvalue weighted by molar-refractivity contribution is 0.0764. The molecule has 2 rings (SSSR count). The summed E-state index contributed by atoms with van der Waals surface area (Å²) >= 11 is 0. The van der Waals surface area contributed by atoms with E-state index in [1.54, 1.807) is 0 Å². The van der Waals surface area contributed by atoms with Gasteiger partial charge in [0, 0.05) is 32.3 Å².